The van der Waals surface area contributed by atoms with Crippen LogP contribution < -0.4 is 4.74 Å². The largest absolute Gasteiger partial charge is 0.494 e. The number of carbonyl (C=O) groups is 1. The number of rotatable bonds is 4. The van der Waals surface area contributed by atoms with Crippen molar-refractivity contribution in [3.8, 4) is 5.75 Å². The fourth-order valence-corrected chi connectivity index (χ4v) is 2.15. The van der Waals surface area contributed by atoms with Crippen LogP contribution in [0.15, 0.2) is 18.2 Å². The number of hydrogen-bond donors (Lipinski definition) is 0. The lowest BCUT2D eigenvalue weighted by atomic mass is 9.99. The summed E-state index contributed by atoms with van der Waals surface area (Å²) in [7, 11) is 1.41. The molecule has 1 aromatic carbocycles. The minimum absolute atomic E-state index is 0.0538. The zero-order chi connectivity index (χ0) is 13.0. The number of methoxy groups -OCH3 is 1. The van der Waals surface area contributed by atoms with E-state index in [1.54, 1.807) is 18.2 Å². The van der Waals surface area contributed by atoms with Crippen molar-refractivity contribution in [1.82, 2.24) is 0 Å². The third-order valence-electron chi connectivity index (χ3n) is 3.17. The van der Waals surface area contributed by atoms with Crippen LogP contribution in [0.25, 0.3) is 0 Å². The molecule has 0 amide bonds. The van der Waals surface area contributed by atoms with Gasteiger partial charge in [-0.1, -0.05) is 12.1 Å². The minimum Gasteiger partial charge on any atom is -0.494 e. The van der Waals surface area contributed by atoms with Crippen LogP contribution in [0.3, 0.4) is 0 Å². The molecule has 1 fully saturated rings. The van der Waals surface area contributed by atoms with E-state index >= 15 is 0 Å². The maximum Gasteiger partial charge on any atom is 0.168 e. The van der Waals surface area contributed by atoms with E-state index in [1.165, 1.54) is 7.11 Å². The lowest BCUT2D eigenvalue weighted by molar-refractivity contribution is -0.132. The Kier molecular flexibility index (Phi) is 4.31. The second-order valence-corrected chi connectivity index (χ2v) is 4.43. The molecule has 1 saturated heterocycles. The molecule has 4 heteroatoms. The van der Waals surface area contributed by atoms with Crippen molar-refractivity contribution >= 4 is 5.78 Å². The molecule has 0 bridgehead atoms. The third kappa shape index (κ3) is 2.88. The number of hydrogen-bond acceptors (Lipinski definition) is 3. The van der Waals surface area contributed by atoms with Crippen LogP contribution in [-0.2, 0) is 16.0 Å². The van der Waals surface area contributed by atoms with Gasteiger partial charge in [0, 0.05) is 13.0 Å². The predicted molar refractivity (Wildman–Crippen MR) is 65.3 cm³/mol. The number of benzene rings is 1. The predicted octanol–water partition coefficient (Wildman–Crippen LogP) is 2.52. The Morgan fingerprint density at radius 3 is 3.00 bits per heavy atom. The summed E-state index contributed by atoms with van der Waals surface area (Å²) in [6.45, 7) is 0.622. The zero-order valence-corrected chi connectivity index (χ0v) is 10.4. The van der Waals surface area contributed by atoms with Crippen LogP contribution in [0.2, 0.25) is 0 Å². The lowest BCUT2D eigenvalue weighted by Crippen LogP contribution is -2.29. The summed E-state index contributed by atoms with van der Waals surface area (Å²) in [6, 6.07) is 4.84. The van der Waals surface area contributed by atoms with Gasteiger partial charge in [0.1, 0.15) is 6.10 Å². The van der Waals surface area contributed by atoms with Crippen molar-refractivity contribution in [1.29, 1.82) is 0 Å². The lowest BCUT2D eigenvalue weighted by Gasteiger charge is -2.21. The van der Waals surface area contributed by atoms with E-state index in [4.69, 9.17) is 9.47 Å². The molecule has 0 spiro atoms. The smallest absolute Gasteiger partial charge is 0.168 e. The van der Waals surface area contributed by atoms with E-state index in [0.717, 1.165) is 19.3 Å². The summed E-state index contributed by atoms with van der Waals surface area (Å²) in [6.07, 6.45) is 2.43. The molecule has 0 saturated carbocycles. The molecule has 3 nitrogen and oxygen atoms in total. The van der Waals surface area contributed by atoms with Crippen molar-refractivity contribution in [2.24, 2.45) is 0 Å². The average molecular weight is 252 g/mol. The fraction of sp³-hybridized carbons (Fsp3) is 0.500. The van der Waals surface area contributed by atoms with Crippen LogP contribution in [0, 0.1) is 5.82 Å². The van der Waals surface area contributed by atoms with Crippen LogP contribution in [0.1, 0.15) is 24.8 Å². The molecule has 0 aromatic heterocycles. The van der Waals surface area contributed by atoms with Gasteiger partial charge in [0.2, 0.25) is 0 Å². The molecular weight excluding hydrogens is 235 g/mol. The van der Waals surface area contributed by atoms with E-state index in [-0.39, 0.29) is 24.1 Å². The van der Waals surface area contributed by atoms with E-state index in [0.29, 0.717) is 12.2 Å². The molecule has 1 aliphatic rings. The quantitative estimate of drug-likeness (QED) is 0.826. The van der Waals surface area contributed by atoms with Crippen molar-refractivity contribution in [3.05, 3.63) is 29.6 Å². The van der Waals surface area contributed by atoms with Crippen LogP contribution in [0.4, 0.5) is 4.39 Å². The van der Waals surface area contributed by atoms with Gasteiger partial charge in [0.05, 0.1) is 7.11 Å². The van der Waals surface area contributed by atoms with E-state index < -0.39 is 5.82 Å². The number of carbonyl (C=O) groups excluding carboxylic acids is 1. The average Bonchev–Trinajstić information content (AvgIpc) is 2.42. The Morgan fingerprint density at radius 2 is 2.33 bits per heavy atom. The number of halogens is 1. The topological polar surface area (TPSA) is 35.5 Å². The van der Waals surface area contributed by atoms with Gasteiger partial charge in [-0.05, 0) is 30.9 Å². The first-order valence-electron chi connectivity index (χ1n) is 6.18. The Balaban J connectivity index is 2.06. The van der Waals surface area contributed by atoms with Gasteiger partial charge in [-0.25, -0.2) is 4.39 Å². The van der Waals surface area contributed by atoms with Gasteiger partial charge in [-0.15, -0.1) is 0 Å². The third-order valence-corrected chi connectivity index (χ3v) is 3.17. The van der Waals surface area contributed by atoms with E-state index in [1.807, 2.05) is 0 Å². The summed E-state index contributed by atoms with van der Waals surface area (Å²) in [5, 5.41) is 0. The zero-order valence-electron chi connectivity index (χ0n) is 10.4. The highest BCUT2D eigenvalue weighted by atomic mass is 19.1. The molecule has 18 heavy (non-hydrogen) atoms. The summed E-state index contributed by atoms with van der Waals surface area (Å²) in [5.41, 5.74) is 0.369. The van der Waals surface area contributed by atoms with Crippen molar-refractivity contribution in [2.45, 2.75) is 31.8 Å². The second-order valence-electron chi connectivity index (χ2n) is 4.43. The minimum atomic E-state index is -0.454. The van der Waals surface area contributed by atoms with Crippen molar-refractivity contribution in [3.63, 3.8) is 0 Å². The Morgan fingerprint density at radius 1 is 1.50 bits per heavy atom. The number of ketones is 1. The standard InChI is InChI=1S/C14H17FO3/c1-17-13-7-4-5-10(14(13)15)9-11(16)12-6-2-3-8-18-12/h4-5,7,12H,2-3,6,8-9H2,1H3. The van der Waals surface area contributed by atoms with E-state index in [9.17, 15) is 9.18 Å². The summed E-state index contributed by atoms with van der Waals surface area (Å²) in [5.74, 6) is -0.337. The molecule has 1 heterocycles. The van der Waals surface area contributed by atoms with Crippen LogP contribution in [0.5, 0.6) is 5.75 Å². The monoisotopic (exact) mass is 252 g/mol. The molecule has 1 unspecified atom stereocenters. The highest BCUT2D eigenvalue weighted by molar-refractivity contribution is 5.85. The summed E-state index contributed by atoms with van der Waals surface area (Å²) >= 11 is 0. The van der Waals surface area contributed by atoms with Crippen molar-refractivity contribution in [2.75, 3.05) is 13.7 Å². The van der Waals surface area contributed by atoms with Crippen LogP contribution >= 0.6 is 0 Å². The van der Waals surface area contributed by atoms with Gasteiger partial charge in [-0.2, -0.15) is 0 Å². The van der Waals surface area contributed by atoms with E-state index in [2.05, 4.69) is 0 Å². The molecule has 2 rings (SSSR count). The molecule has 0 aliphatic carbocycles. The van der Waals surface area contributed by atoms with Gasteiger partial charge in [0.15, 0.2) is 17.3 Å². The molecule has 1 aliphatic heterocycles. The Hall–Kier alpha value is -1.42. The highest BCUT2D eigenvalue weighted by Gasteiger charge is 2.23. The van der Waals surface area contributed by atoms with Gasteiger partial charge < -0.3 is 9.47 Å². The molecule has 0 radical (unpaired) electrons. The molecule has 98 valence electrons. The molecular formula is C14H17FO3. The summed E-state index contributed by atoms with van der Waals surface area (Å²) < 4.78 is 24.2. The van der Waals surface area contributed by atoms with Gasteiger partial charge >= 0.3 is 0 Å². The summed E-state index contributed by atoms with van der Waals surface area (Å²) in [4.78, 5) is 12.0. The second kappa shape index (κ2) is 5.96. The Labute approximate surface area is 106 Å². The Bertz CT molecular complexity index is 425. The molecule has 1 aromatic rings. The highest BCUT2D eigenvalue weighted by Crippen LogP contribution is 2.22. The number of ether oxygens (including phenoxy) is 2. The fourth-order valence-electron chi connectivity index (χ4n) is 2.15. The maximum absolute atomic E-state index is 13.9. The SMILES string of the molecule is COc1cccc(CC(=O)C2CCCCO2)c1F. The first-order valence-corrected chi connectivity index (χ1v) is 6.18. The number of Topliss-reactive ketones (excluding diaryl/α,β-unsaturated/α-hetero) is 1. The van der Waals surface area contributed by atoms with Gasteiger partial charge in [0.25, 0.3) is 0 Å². The normalized spacial score (nSPS) is 19.6. The maximum atomic E-state index is 13.9. The van der Waals surface area contributed by atoms with Crippen molar-refractivity contribution < 1.29 is 18.7 Å². The first kappa shape index (κ1) is 13.0. The van der Waals surface area contributed by atoms with Gasteiger partial charge in [-0.3, -0.25) is 4.79 Å². The molecule has 1 atom stereocenters. The molecule has 0 N–H and O–H groups in total. The van der Waals surface area contributed by atoms with Crippen LogP contribution in [-0.4, -0.2) is 25.6 Å². The first-order chi connectivity index (χ1) is 8.72.